The standard InChI is InChI=1S/C26H44O4/c1-4-5-6-17-20-26(2,3)21-18-15-13-11-9-7-8-10-12-14-16-19-25(29)30-24(22-27)23-28/h7-8,11-14,18,21,24,27-28H,4-6,9-10,15-17,19-20,22-23H2,1-3H3/b8-7-,13-11-,14-12-,21-18-. The van der Waals surface area contributed by atoms with Gasteiger partial charge in [-0.2, -0.15) is 0 Å². The summed E-state index contributed by atoms with van der Waals surface area (Å²) in [4.78, 5) is 11.5. The number of allylic oxidation sites excluding steroid dienone is 8. The Balaban J connectivity index is 3.79. The Morgan fingerprint density at radius 2 is 1.43 bits per heavy atom. The highest BCUT2D eigenvalue weighted by atomic mass is 16.6. The summed E-state index contributed by atoms with van der Waals surface area (Å²) in [6.45, 7) is 6.18. The molecule has 0 heterocycles. The van der Waals surface area contributed by atoms with Crippen LogP contribution in [0.4, 0.5) is 0 Å². The number of hydrogen-bond donors (Lipinski definition) is 2. The Morgan fingerprint density at radius 1 is 0.867 bits per heavy atom. The first-order chi connectivity index (χ1) is 14.4. The summed E-state index contributed by atoms with van der Waals surface area (Å²) < 4.78 is 4.89. The lowest BCUT2D eigenvalue weighted by Gasteiger charge is -2.19. The average molecular weight is 421 g/mol. The van der Waals surface area contributed by atoms with Gasteiger partial charge in [0.25, 0.3) is 0 Å². The third-order valence-corrected chi connectivity index (χ3v) is 4.78. The van der Waals surface area contributed by atoms with Crippen LogP contribution >= 0.6 is 0 Å². The molecule has 0 aliphatic heterocycles. The Hall–Kier alpha value is -1.65. The van der Waals surface area contributed by atoms with E-state index in [1.54, 1.807) is 0 Å². The first-order valence-electron chi connectivity index (χ1n) is 11.5. The van der Waals surface area contributed by atoms with Gasteiger partial charge in [0.1, 0.15) is 6.10 Å². The van der Waals surface area contributed by atoms with Gasteiger partial charge in [-0.15, -0.1) is 0 Å². The van der Waals surface area contributed by atoms with Gasteiger partial charge < -0.3 is 14.9 Å². The van der Waals surface area contributed by atoms with Gasteiger partial charge in [0.2, 0.25) is 0 Å². The molecular weight excluding hydrogens is 376 g/mol. The fourth-order valence-electron chi connectivity index (χ4n) is 2.89. The molecule has 0 aliphatic carbocycles. The number of ether oxygens (including phenoxy) is 1. The first-order valence-corrected chi connectivity index (χ1v) is 11.5. The quantitative estimate of drug-likeness (QED) is 0.161. The second-order valence-corrected chi connectivity index (χ2v) is 8.34. The van der Waals surface area contributed by atoms with Gasteiger partial charge in [-0.25, -0.2) is 0 Å². The molecule has 0 amide bonds. The summed E-state index contributed by atoms with van der Waals surface area (Å²) in [6, 6.07) is 0. The van der Waals surface area contributed by atoms with Crippen LogP contribution in [0.1, 0.15) is 85.0 Å². The Bertz CT molecular complexity index is 525. The van der Waals surface area contributed by atoms with E-state index in [2.05, 4.69) is 57.2 Å². The van der Waals surface area contributed by atoms with E-state index in [0.717, 1.165) is 19.3 Å². The summed E-state index contributed by atoms with van der Waals surface area (Å²) >= 11 is 0. The maximum Gasteiger partial charge on any atom is 0.306 e. The van der Waals surface area contributed by atoms with Crippen molar-refractivity contribution in [3.05, 3.63) is 48.6 Å². The molecule has 0 aromatic rings. The van der Waals surface area contributed by atoms with Gasteiger partial charge >= 0.3 is 5.97 Å². The highest BCUT2D eigenvalue weighted by Crippen LogP contribution is 2.25. The minimum atomic E-state index is -0.810. The van der Waals surface area contributed by atoms with Gasteiger partial charge in [0.15, 0.2) is 0 Å². The second-order valence-electron chi connectivity index (χ2n) is 8.34. The minimum Gasteiger partial charge on any atom is -0.457 e. The molecule has 4 nitrogen and oxygen atoms in total. The van der Waals surface area contributed by atoms with Crippen molar-refractivity contribution in [3.63, 3.8) is 0 Å². The molecule has 0 aromatic carbocycles. The molecule has 0 saturated heterocycles. The maximum absolute atomic E-state index is 11.5. The highest BCUT2D eigenvalue weighted by molar-refractivity contribution is 5.69. The molecule has 0 aromatic heterocycles. The normalized spacial score (nSPS) is 13.0. The van der Waals surface area contributed by atoms with E-state index < -0.39 is 12.1 Å². The number of aliphatic hydroxyl groups excluding tert-OH is 2. The molecule has 4 heteroatoms. The van der Waals surface area contributed by atoms with Crippen molar-refractivity contribution >= 4 is 5.97 Å². The first kappa shape index (κ1) is 28.4. The Labute approximate surface area is 184 Å². The molecule has 2 N–H and O–H groups in total. The lowest BCUT2D eigenvalue weighted by atomic mass is 9.86. The maximum atomic E-state index is 11.5. The Morgan fingerprint density at radius 3 is 2.00 bits per heavy atom. The molecule has 0 bridgehead atoms. The summed E-state index contributed by atoms with van der Waals surface area (Å²) in [6.07, 6.45) is 26.6. The van der Waals surface area contributed by atoms with Crippen LogP contribution < -0.4 is 0 Å². The van der Waals surface area contributed by atoms with Crippen molar-refractivity contribution in [2.45, 2.75) is 91.1 Å². The van der Waals surface area contributed by atoms with Gasteiger partial charge in [0.05, 0.1) is 13.2 Å². The van der Waals surface area contributed by atoms with Crippen molar-refractivity contribution in [1.29, 1.82) is 0 Å². The smallest absolute Gasteiger partial charge is 0.306 e. The molecule has 0 spiro atoms. The molecular formula is C26H44O4. The number of unbranched alkanes of at least 4 members (excludes halogenated alkanes) is 3. The second kappa shape index (κ2) is 19.3. The summed E-state index contributed by atoms with van der Waals surface area (Å²) in [5.74, 6) is -0.401. The fourth-order valence-corrected chi connectivity index (χ4v) is 2.89. The van der Waals surface area contributed by atoms with E-state index in [9.17, 15) is 4.79 Å². The van der Waals surface area contributed by atoms with Crippen LogP contribution in [0.25, 0.3) is 0 Å². The topological polar surface area (TPSA) is 66.8 Å². The number of aliphatic hydroxyl groups is 2. The van der Waals surface area contributed by atoms with E-state index >= 15 is 0 Å². The van der Waals surface area contributed by atoms with Crippen LogP contribution in [-0.4, -0.2) is 35.5 Å². The van der Waals surface area contributed by atoms with Crippen LogP contribution in [-0.2, 0) is 9.53 Å². The molecule has 0 saturated carbocycles. The number of rotatable bonds is 18. The van der Waals surface area contributed by atoms with E-state index in [1.165, 1.54) is 32.1 Å². The van der Waals surface area contributed by atoms with Crippen LogP contribution in [0.2, 0.25) is 0 Å². The molecule has 0 atom stereocenters. The number of carbonyl (C=O) groups is 1. The minimum absolute atomic E-state index is 0.252. The largest absolute Gasteiger partial charge is 0.457 e. The number of carbonyl (C=O) groups excluding carboxylic acids is 1. The average Bonchev–Trinajstić information content (AvgIpc) is 2.72. The molecule has 30 heavy (non-hydrogen) atoms. The third kappa shape index (κ3) is 18.4. The van der Waals surface area contributed by atoms with Crippen molar-refractivity contribution in [3.8, 4) is 0 Å². The molecule has 172 valence electrons. The van der Waals surface area contributed by atoms with E-state index in [0.29, 0.717) is 11.8 Å². The van der Waals surface area contributed by atoms with E-state index in [1.807, 2.05) is 12.2 Å². The Kier molecular flexibility index (Phi) is 18.3. The van der Waals surface area contributed by atoms with E-state index in [-0.39, 0.29) is 19.6 Å². The van der Waals surface area contributed by atoms with Gasteiger partial charge in [0, 0.05) is 6.42 Å². The summed E-state index contributed by atoms with van der Waals surface area (Å²) in [5, 5.41) is 17.7. The molecule has 0 rings (SSSR count). The van der Waals surface area contributed by atoms with Gasteiger partial charge in [-0.05, 0) is 37.5 Å². The SMILES string of the molecule is CCCCCCC(C)(C)/C=C\C/C=C\C/C=C\C/C=C\CCC(=O)OC(CO)CO. The van der Waals surface area contributed by atoms with Crippen LogP contribution in [0.15, 0.2) is 48.6 Å². The zero-order chi connectivity index (χ0) is 22.5. The number of hydrogen-bond acceptors (Lipinski definition) is 4. The lowest BCUT2D eigenvalue weighted by Crippen LogP contribution is -2.25. The van der Waals surface area contributed by atoms with Crippen molar-refractivity contribution in [2.24, 2.45) is 5.41 Å². The predicted molar refractivity (Wildman–Crippen MR) is 126 cm³/mol. The molecule has 0 radical (unpaired) electrons. The van der Waals surface area contributed by atoms with Crippen molar-refractivity contribution in [1.82, 2.24) is 0 Å². The van der Waals surface area contributed by atoms with Gasteiger partial charge in [-0.1, -0.05) is 95.1 Å². The zero-order valence-corrected chi connectivity index (χ0v) is 19.4. The monoisotopic (exact) mass is 420 g/mol. The van der Waals surface area contributed by atoms with Crippen LogP contribution in [0.5, 0.6) is 0 Å². The van der Waals surface area contributed by atoms with Crippen LogP contribution in [0, 0.1) is 5.41 Å². The molecule has 0 unspecified atom stereocenters. The highest BCUT2D eigenvalue weighted by Gasteiger charge is 2.12. The fraction of sp³-hybridized carbons (Fsp3) is 0.654. The zero-order valence-electron chi connectivity index (χ0n) is 19.4. The third-order valence-electron chi connectivity index (χ3n) is 4.78. The lowest BCUT2D eigenvalue weighted by molar-refractivity contribution is -0.153. The molecule has 0 aliphatic rings. The van der Waals surface area contributed by atoms with Crippen molar-refractivity contribution in [2.75, 3.05) is 13.2 Å². The summed E-state index contributed by atoms with van der Waals surface area (Å²) in [7, 11) is 0. The van der Waals surface area contributed by atoms with Crippen molar-refractivity contribution < 1.29 is 19.7 Å². The van der Waals surface area contributed by atoms with E-state index in [4.69, 9.17) is 14.9 Å². The van der Waals surface area contributed by atoms with Gasteiger partial charge in [-0.3, -0.25) is 4.79 Å². The molecule has 0 fully saturated rings. The summed E-state index contributed by atoms with van der Waals surface area (Å²) in [5.41, 5.74) is 0.296. The number of esters is 1. The van der Waals surface area contributed by atoms with Crippen LogP contribution in [0.3, 0.4) is 0 Å². The predicted octanol–water partition coefficient (Wildman–Crippen LogP) is 6.05.